The van der Waals surface area contributed by atoms with Crippen LogP contribution in [0.4, 0.5) is 5.69 Å². The predicted molar refractivity (Wildman–Crippen MR) is 129 cm³/mol. The highest BCUT2D eigenvalue weighted by atomic mass is 32.2. The van der Waals surface area contributed by atoms with E-state index in [0.29, 0.717) is 22.8 Å². The lowest BCUT2D eigenvalue weighted by atomic mass is 10.0. The number of primary amides is 1. The molecule has 0 saturated heterocycles. The maximum Gasteiger partial charge on any atom is 0.248 e. The summed E-state index contributed by atoms with van der Waals surface area (Å²) in [6, 6.07) is 14.2. The summed E-state index contributed by atoms with van der Waals surface area (Å²) in [6.07, 6.45) is 1.73. The molecule has 0 saturated carbocycles. The molecule has 0 fully saturated rings. The van der Waals surface area contributed by atoms with Gasteiger partial charge in [-0.2, -0.15) is 5.10 Å². The number of anilines is 1. The van der Waals surface area contributed by atoms with Crippen molar-refractivity contribution in [2.75, 3.05) is 11.9 Å². The van der Waals surface area contributed by atoms with Crippen LogP contribution in [0, 0.1) is 6.92 Å². The van der Waals surface area contributed by atoms with Crippen molar-refractivity contribution in [2.45, 2.75) is 36.3 Å². The molecule has 0 spiro atoms. The van der Waals surface area contributed by atoms with E-state index in [1.165, 1.54) is 11.8 Å². The molecule has 0 atom stereocenters. The predicted octanol–water partition coefficient (Wildman–Crippen LogP) is 3.84. The number of rotatable bonds is 7. The molecule has 2 aromatic carbocycles. The Hall–Kier alpha value is -3.56. The minimum Gasteiger partial charge on any atom is -0.508 e. The number of aliphatic hydroxyl groups is 1. The summed E-state index contributed by atoms with van der Waals surface area (Å²) in [6.45, 7) is 5.61. The van der Waals surface area contributed by atoms with Gasteiger partial charge in [0, 0.05) is 22.6 Å². The van der Waals surface area contributed by atoms with E-state index in [-0.39, 0.29) is 5.75 Å². The van der Waals surface area contributed by atoms with E-state index in [4.69, 9.17) is 10.8 Å². The van der Waals surface area contributed by atoms with Gasteiger partial charge in [-0.1, -0.05) is 17.8 Å². The molecular formula is C24H25N5O3S. The monoisotopic (exact) mass is 463 g/mol. The third-order valence-corrected chi connectivity index (χ3v) is 5.92. The van der Waals surface area contributed by atoms with Crippen LogP contribution < -0.4 is 11.1 Å². The van der Waals surface area contributed by atoms with Gasteiger partial charge in [0.25, 0.3) is 0 Å². The number of carbonyl (C=O) groups excluding carboxylic acids is 1. The number of fused-ring (bicyclic) bond motifs is 1. The number of hydrogen-bond donors (Lipinski definition) is 4. The lowest BCUT2D eigenvalue weighted by molar-refractivity contribution is 0.0944. The summed E-state index contributed by atoms with van der Waals surface area (Å²) in [4.78, 5) is 17.1. The number of nitrogens with zero attached hydrogens (tertiary/aromatic N) is 3. The summed E-state index contributed by atoms with van der Waals surface area (Å²) < 4.78 is 1.74. The Morgan fingerprint density at radius 3 is 2.55 bits per heavy atom. The first-order chi connectivity index (χ1) is 15.6. The average molecular weight is 464 g/mol. The van der Waals surface area contributed by atoms with E-state index < -0.39 is 11.5 Å². The number of phenolic OH excluding ortho intramolecular Hbond substituents is 1. The van der Waals surface area contributed by atoms with Gasteiger partial charge in [-0.3, -0.25) is 4.79 Å². The molecule has 33 heavy (non-hydrogen) atoms. The molecule has 0 radical (unpaired) electrons. The van der Waals surface area contributed by atoms with Crippen LogP contribution in [0.1, 0.15) is 29.8 Å². The van der Waals surface area contributed by atoms with E-state index >= 15 is 0 Å². The van der Waals surface area contributed by atoms with Crippen molar-refractivity contribution < 1.29 is 15.0 Å². The first-order valence-electron chi connectivity index (χ1n) is 10.3. The van der Waals surface area contributed by atoms with Crippen molar-refractivity contribution in [2.24, 2.45) is 5.73 Å². The normalized spacial score (nSPS) is 11.6. The Balaban J connectivity index is 1.81. The van der Waals surface area contributed by atoms with Crippen LogP contribution in [-0.2, 0) is 0 Å². The van der Waals surface area contributed by atoms with Gasteiger partial charge in [0.2, 0.25) is 5.91 Å². The highest BCUT2D eigenvalue weighted by Gasteiger charge is 2.18. The maximum atomic E-state index is 11.6. The minimum atomic E-state index is -0.915. The number of aryl methyl sites for hydroxylation is 1. The minimum absolute atomic E-state index is 0.196. The Labute approximate surface area is 195 Å². The number of benzene rings is 2. The molecule has 0 aliphatic rings. The number of aromatic hydroxyl groups is 1. The molecule has 8 nitrogen and oxygen atoms in total. The smallest absolute Gasteiger partial charge is 0.248 e. The van der Waals surface area contributed by atoms with E-state index in [2.05, 4.69) is 10.3 Å². The van der Waals surface area contributed by atoms with E-state index in [9.17, 15) is 15.0 Å². The number of nitrogens with two attached hydrogens (primary N) is 1. The van der Waals surface area contributed by atoms with Crippen molar-refractivity contribution in [1.29, 1.82) is 0 Å². The quantitative estimate of drug-likeness (QED) is 0.328. The molecule has 2 heterocycles. The zero-order valence-corrected chi connectivity index (χ0v) is 19.3. The largest absolute Gasteiger partial charge is 0.508 e. The van der Waals surface area contributed by atoms with Gasteiger partial charge in [-0.15, -0.1) is 0 Å². The molecule has 0 aliphatic carbocycles. The lowest BCUT2D eigenvalue weighted by Gasteiger charge is -2.19. The summed E-state index contributed by atoms with van der Waals surface area (Å²) >= 11 is 1.44. The molecule has 4 aromatic rings. The molecule has 5 N–H and O–H groups in total. The van der Waals surface area contributed by atoms with Gasteiger partial charge < -0.3 is 21.3 Å². The van der Waals surface area contributed by atoms with E-state index in [0.717, 1.165) is 27.4 Å². The third kappa shape index (κ3) is 5.10. The van der Waals surface area contributed by atoms with Crippen molar-refractivity contribution in [3.8, 4) is 17.0 Å². The van der Waals surface area contributed by atoms with Crippen LogP contribution in [0.5, 0.6) is 5.75 Å². The van der Waals surface area contributed by atoms with Gasteiger partial charge in [-0.05, 0) is 68.8 Å². The molecular weight excluding hydrogens is 438 g/mol. The Morgan fingerprint density at radius 2 is 1.91 bits per heavy atom. The van der Waals surface area contributed by atoms with Gasteiger partial charge in [0.05, 0.1) is 23.2 Å². The fourth-order valence-corrected chi connectivity index (χ4v) is 4.18. The second kappa shape index (κ2) is 8.76. The summed E-state index contributed by atoms with van der Waals surface area (Å²) in [5.41, 5.74) is 8.71. The number of phenols is 1. The second-order valence-corrected chi connectivity index (χ2v) is 9.52. The first kappa shape index (κ1) is 22.6. The lowest BCUT2D eigenvalue weighted by Crippen LogP contribution is -2.29. The molecule has 9 heteroatoms. The molecule has 0 bridgehead atoms. The fourth-order valence-electron chi connectivity index (χ4n) is 3.37. The third-order valence-electron chi connectivity index (χ3n) is 5.00. The Bertz CT molecular complexity index is 1330. The van der Waals surface area contributed by atoms with Crippen molar-refractivity contribution >= 4 is 29.0 Å². The molecule has 0 aliphatic heterocycles. The number of aromatic nitrogens is 3. The summed E-state index contributed by atoms with van der Waals surface area (Å²) in [5.74, 6) is -0.275. The zero-order valence-electron chi connectivity index (χ0n) is 18.5. The molecule has 4 rings (SSSR count). The van der Waals surface area contributed by atoms with Crippen molar-refractivity contribution in [1.82, 2.24) is 14.6 Å². The van der Waals surface area contributed by atoms with Crippen LogP contribution in [0.25, 0.3) is 16.9 Å². The highest BCUT2D eigenvalue weighted by molar-refractivity contribution is 7.99. The van der Waals surface area contributed by atoms with E-state index in [1.54, 1.807) is 42.8 Å². The van der Waals surface area contributed by atoms with Crippen LogP contribution in [0.3, 0.4) is 0 Å². The van der Waals surface area contributed by atoms with Crippen LogP contribution in [-0.4, -0.2) is 42.9 Å². The maximum absolute atomic E-state index is 11.6. The second-order valence-electron chi connectivity index (χ2n) is 8.43. The standard InChI is InChI=1S/C24H25N5O3S/c1-14-10-15(4-9-18(14)22(25)31)20-12-26-23-19(27-13-24(2,3)32)11-21(28-29(20)23)33-17-7-5-16(30)6-8-17/h4-12,27,30,32H,13H2,1-3H3,(H2,25,31). The molecule has 2 aromatic heterocycles. The van der Waals surface area contributed by atoms with Crippen LogP contribution in [0.15, 0.2) is 64.6 Å². The van der Waals surface area contributed by atoms with Gasteiger partial charge in [0.15, 0.2) is 5.65 Å². The molecule has 170 valence electrons. The number of imidazole rings is 1. The summed E-state index contributed by atoms with van der Waals surface area (Å²) in [7, 11) is 0. The first-order valence-corrected chi connectivity index (χ1v) is 11.1. The Morgan fingerprint density at radius 1 is 1.18 bits per heavy atom. The van der Waals surface area contributed by atoms with Gasteiger partial charge in [0.1, 0.15) is 10.8 Å². The van der Waals surface area contributed by atoms with Gasteiger partial charge >= 0.3 is 0 Å². The topological polar surface area (TPSA) is 126 Å². The molecule has 1 amide bonds. The SMILES string of the molecule is Cc1cc(-c2cnc3c(NCC(C)(C)O)cc(Sc4ccc(O)cc4)nn23)ccc1C(N)=O. The number of hydrogen-bond acceptors (Lipinski definition) is 7. The fraction of sp³-hybridized carbons (Fsp3) is 0.208. The highest BCUT2D eigenvalue weighted by Crippen LogP contribution is 2.32. The number of amides is 1. The summed E-state index contributed by atoms with van der Waals surface area (Å²) in [5, 5.41) is 28.5. The van der Waals surface area contributed by atoms with Crippen LogP contribution in [0.2, 0.25) is 0 Å². The number of nitrogens with one attached hydrogen (secondary N) is 1. The average Bonchev–Trinajstić information content (AvgIpc) is 3.17. The number of carbonyl (C=O) groups is 1. The van der Waals surface area contributed by atoms with Crippen molar-refractivity contribution in [3.63, 3.8) is 0 Å². The van der Waals surface area contributed by atoms with Crippen molar-refractivity contribution in [3.05, 3.63) is 65.9 Å². The van der Waals surface area contributed by atoms with Crippen LogP contribution >= 0.6 is 11.8 Å². The van der Waals surface area contributed by atoms with E-state index in [1.807, 2.05) is 37.3 Å². The molecule has 0 unspecified atom stereocenters. The zero-order chi connectivity index (χ0) is 23.8. The van der Waals surface area contributed by atoms with Gasteiger partial charge in [-0.25, -0.2) is 9.50 Å². The Kier molecular flexibility index (Phi) is 6.01.